The van der Waals surface area contributed by atoms with Crippen LogP contribution < -0.4 is 15.5 Å². The zero-order chi connectivity index (χ0) is 14.8. The molecule has 0 radical (unpaired) electrons. The van der Waals surface area contributed by atoms with Gasteiger partial charge in [0.2, 0.25) is 0 Å². The first-order valence-electron chi connectivity index (χ1n) is 6.86. The van der Waals surface area contributed by atoms with Gasteiger partial charge in [0, 0.05) is 26.3 Å². The van der Waals surface area contributed by atoms with E-state index in [-0.39, 0.29) is 5.91 Å². The zero-order valence-electron chi connectivity index (χ0n) is 11.8. The fourth-order valence-corrected chi connectivity index (χ4v) is 3.35. The van der Waals surface area contributed by atoms with Gasteiger partial charge in [-0.2, -0.15) is 0 Å². The second-order valence-corrected chi connectivity index (χ2v) is 5.96. The molecule has 3 heterocycles. The average molecular weight is 303 g/mol. The van der Waals surface area contributed by atoms with Gasteiger partial charge in [0.25, 0.3) is 5.91 Å². The van der Waals surface area contributed by atoms with Crippen molar-refractivity contribution >= 4 is 33.9 Å². The monoisotopic (exact) mass is 303 g/mol. The van der Waals surface area contributed by atoms with Crippen LogP contribution in [0.2, 0.25) is 0 Å². The molecular formula is C14H17N5OS. The molecule has 0 atom stereocenters. The average Bonchev–Trinajstić information content (AvgIpc) is 3.16. The highest BCUT2D eigenvalue weighted by atomic mass is 32.1. The Labute approximate surface area is 127 Å². The highest BCUT2D eigenvalue weighted by Gasteiger charge is 2.24. The van der Waals surface area contributed by atoms with Gasteiger partial charge in [-0.25, -0.2) is 4.98 Å². The molecule has 0 aromatic carbocycles. The van der Waals surface area contributed by atoms with Crippen LogP contribution in [-0.4, -0.2) is 36.0 Å². The molecule has 1 aliphatic heterocycles. The van der Waals surface area contributed by atoms with Crippen molar-refractivity contribution in [2.45, 2.75) is 12.8 Å². The largest absolute Gasteiger partial charge is 0.382 e. The van der Waals surface area contributed by atoms with Gasteiger partial charge >= 0.3 is 0 Å². The van der Waals surface area contributed by atoms with E-state index < -0.39 is 0 Å². The molecule has 110 valence electrons. The van der Waals surface area contributed by atoms with Crippen molar-refractivity contribution in [1.82, 2.24) is 9.97 Å². The molecule has 2 N–H and O–H groups in total. The maximum atomic E-state index is 12.6. The lowest BCUT2D eigenvalue weighted by Gasteiger charge is -2.15. The van der Waals surface area contributed by atoms with Crippen LogP contribution in [-0.2, 0) is 0 Å². The fraction of sp³-hybridized carbons (Fsp3) is 0.357. The molecule has 2 aromatic rings. The smallest absolute Gasteiger partial charge is 0.272 e. The van der Waals surface area contributed by atoms with Crippen LogP contribution in [0.1, 0.15) is 22.5 Å². The van der Waals surface area contributed by atoms with Gasteiger partial charge in [-0.15, -0.1) is 0 Å². The summed E-state index contributed by atoms with van der Waals surface area (Å²) in [4.78, 5) is 25.2. The molecule has 7 heteroatoms. The summed E-state index contributed by atoms with van der Waals surface area (Å²) in [5.74, 6) is 0.158. The van der Waals surface area contributed by atoms with Gasteiger partial charge < -0.3 is 15.5 Å². The predicted molar refractivity (Wildman–Crippen MR) is 84.9 cm³/mol. The SMILES string of the molecule is CN(C(=O)c1sc(N2CCCC2)nc1N)c1cccnc1. The number of thiazole rings is 1. The van der Waals surface area contributed by atoms with E-state index in [0.717, 1.165) is 23.9 Å². The number of aromatic nitrogens is 2. The Morgan fingerprint density at radius 2 is 2.19 bits per heavy atom. The first kappa shape index (κ1) is 13.8. The van der Waals surface area contributed by atoms with E-state index in [9.17, 15) is 4.79 Å². The standard InChI is InChI=1S/C14H17N5OS/c1-18(10-5-4-6-16-9-10)13(20)11-12(15)17-14(21-11)19-7-2-3-8-19/h4-6,9H,2-3,7-8,15H2,1H3. The Morgan fingerprint density at radius 3 is 2.86 bits per heavy atom. The molecule has 0 unspecified atom stereocenters. The van der Waals surface area contributed by atoms with Gasteiger partial charge in [0.05, 0.1) is 11.9 Å². The minimum absolute atomic E-state index is 0.150. The molecule has 21 heavy (non-hydrogen) atoms. The number of hydrogen-bond acceptors (Lipinski definition) is 6. The summed E-state index contributed by atoms with van der Waals surface area (Å²) >= 11 is 1.37. The maximum Gasteiger partial charge on any atom is 0.272 e. The third-order valence-electron chi connectivity index (χ3n) is 3.55. The Hall–Kier alpha value is -2.15. The summed E-state index contributed by atoms with van der Waals surface area (Å²) in [6.07, 6.45) is 5.65. The van der Waals surface area contributed by atoms with E-state index in [1.165, 1.54) is 24.2 Å². The van der Waals surface area contributed by atoms with Crippen LogP contribution in [0.15, 0.2) is 24.5 Å². The topological polar surface area (TPSA) is 75.4 Å². The number of pyridine rings is 1. The number of nitrogens with two attached hydrogens (primary N) is 1. The fourth-order valence-electron chi connectivity index (χ4n) is 2.34. The van der Waals surface area contributed by atoms with Crippen molar-refractivity contribution in [1.29, 1.82) is 0 Å². The van der Waals surface area contributed by atoms with E-state index in [2.05, 4.69) is 14.9 Å². The number of nitrogens with zero attached hydrogens (tertiary/aromatic N) is 4. The summed E-state index contributed by atoms with van der Waals surface area (Å²) < 4.78 is 0. The van der Waals surface area contributed by atoms with Crippen LogP contribution >= 0.6 is 11.3 Å². The molecule has 1 fully saturated rings. The van der Waals surface area contributed by atoms with Gasteiger partial charge in [0.1, 0.15) is 10.7 Å². The summed E-state index contributed by atoms with van der Waals surface area (Å²) in [6, 6.07) is 3.63. The minimum atomic E-state index is -0.150. The molecular weight excluding hydrogens is 286 g/mol. The minimum Gasteiger partial charge on any atom is -0.382 e. The van der Waals surface area contributed by atoms with Crippen LogP contribution in [0.4, 0.5) is 16.6 Å². The third kappa shape index (κ3) is 2.69. The van der Waals surface area contributed by atoms with Crippen LogP contribution in [0.25, 0.3) is 0 Å². The first-order chi connectivity index (χ1) is 10.2. The number of amides is 1. The second kappa shape index (κ2) is 5.69. The number of carbonyl (C=O) groups is 1. The van der Waals surface area contributed by atoms with Crippen molar-refractivity contribution in [2.75, 3.05) is 35.7 Å². The van der Waals surface area contributed by atoms with E-state index in [4.69, 9.17) is 5.73 Å². The molecule has 3 rings (SSSR count). The molecule has 0 bridgehead atoms. The first-order valence-corrected chi connectivity index (χ1v) is 7.68. The number of carbonyl (C=O) groups excluding carboxylic acids is 1. The van der Waals surface area contributed by atoms with Gasteiger partial charge in [-0.05, 0) is 25.0 Å². The summed E-state index contributed by atoms with van der Waals surface area (Å²) in [5.41, 5.74) is 6.67. The van der Waals surface area contributed by atoms with Crippen molar-refractivity contribution < 1.29 is 4.79 Å². The van der Waals surface area contributed by atoms with E-state index in [1.807, 2.05) is 6.07 Å². The van der Waals surface area contributed by atoms with Crippen LogP contribution in [0, 0.1) is 0 Å². The lowest BCUT2D eigenvalue weighted by Crippen LogP contribution is -2.26. The van der Waals surface area contributed by atoms with Gasteiger partial charge in [-0.3, -0.25) is 9.78 Å². The van der Waals surface area contributed by atoms with E-state index in [0.29, 0.717) is 10.7 Å². The summed E-state index contributed by atoms with van der Waals surface area (Å²) in [7, 11) is 1.72. The normalized spacial score (nSPS) is 14.4. The second-order valence-electron chi connectivity index (χ2n) is 4.98. The molecule has 0 saturated carbocycles. The predicted octanol–water partition coefficient (Wildman–Crippen LogP) is 2.00. The number of anilines is 3. The molecule has 1 amide bonds. The van der Waals surface area contributed by atoms with E-state index >= 15 is 0 Å². The van der Waals surface area contributed by atoms with Crippen LogP contribution in [0.3, 0.4) is 0 Å². The van der Waals surface area contributed by atoms with Crippen molar-refractivity contribution in [3.63, 3.8) is 0 Å². The quantitative estimate of drug-likeness (QED) is 0.938. The Kier molecular flexibility index (Phi) is 3.74. The highest BCUT2D eigenvalue weighted by molar-refractivity contribution is 7.18. The maximum absolute atomic E-state index is 12.6. The lowest BCUT2D eigenvalue weighted by atomic mass is 10.3. The zero-order valence-corrected chi connectivity index (χ0v) is 12.6. The molecule has 1 aliphatic rings. The van der Waals surface area contributed by atoms with Crippen molar-refractivity contribution in [3.05, 3.63) is 29.4 Å². The number of hydrogen-bond donors (Lipinski definition) is 1. The Morgan fingerprint density at radius 1 is 1.43 bits per heavy atom. The summed E-state index contributed by atoms with van der Waals surface area (Å²) in [6.45, 7) is 1.97. The van der Waals surface area contributed by atoms with Gasteiger partial charge in [0.15, 0.2) is 5.13 Å². The van der Waals surface area contributed by atoms with Crippen LogP contribution in [0.5, 0.6) is 0 Å². The van der Waals surface area contributed by atoms with E-state index in [1.54, 1.807) is 30.4 Å². The molecule has 2 aromatic heterocycles. The third-order valence-corrected chi connectivity index (χ3v) is 4.67. The van der Waals surface area contributed by atoms with Crippen molar-refractivity contribution in [2.24, 2.45) is 0 Å². The molecule has 0 aliphatic carbocycles. The Balaban J connectivity index is 1.84. The number of rotatable bonds is 3. The Bertz CT molecular complexity index is 636. The molecule has 0 spiro atoms. The van der Waals surface area contributed by atoms with Crippen molar-refractivity contribution in [3.8, 4) is 0 Å². The summed E-state index contributed by atoms with van der Waals surface area (Å²) in [5, 5.41) is 0.841. The molecule has 1 saturated heterocycles. The highest BCUT2D eigenvalue weighted by Crippen LogP contribution is 2.31. The van der Waals surface area contributed by atoms with Gasteiger partial charge in [-0.1, -0.05) is 11.3 Å². The number of nitrogen functional groups attached to an aromatic ring is 1. The lowest BCUT2D eigenvalue weighted by molar-refractivity contribution is 0.0997. The molecule has 6 nitrogen and oxygen atoms in total.